The highest BCUT2D eigenvalue weighted by atomic mass is 79.9. The molecule has 3 unspecified atom stereocenters. The lowest BCUT2D eigenvalue weighted by Crippen LogP contribution is -2.55. The molecule has 4 heteroatoms. The zero-order valence-corrected chi connectivity index (χ0v) is 15.4. The highest BCUT2D eigenvalue weighted by Crippen LogP contribution is 2.31. The van der Waals surface area contributed by atoms with Gasteiger partial charge >= 0.3 is 0 Å². The van der Waals surface area contributed by atoms with Crippen LogP contribution < -0.4 is 10.2 Å². The van der Waals surface area contributed by atoms with Crippen LogP contribution in [0.5, 0.6) is 0 Å². The Balaban J connectivity index is 2.30. The van der Waals surface area contributed by atoms with Crippen LogP contribution in [0.2, 0.25) is 0 Å². The van der Waals surface area contributed by atoms with Gasteiger partial charge in [0.1, 0.15) is 0 Å². The molecule has 1 fully saturated rings. The van der Waals surface area contributed by atoms with Crippen molar-refractivity contribution in [2.24, 2.45) is 0 Å². The van der Waals surface area contributed by atoms with E-state index in [2.05, 4.69) is 84.0 Å². The number of anilines is 1. The van der Waals surface area contributed by atoms with E-state index in [1.54, 1.807) is 0 Å². The van der Waals surface area contributed by atoms with Crippen molar-refractivity contribution >= 4 is 21.6 Å². The molecule has 0 spiro atoms. The minimum absolute atomic E-state index is 0.368. The number of hydrogen-bond acceptors (Lipinski definition) is 3. The van der Waals surface area contributed by atoms with Gasteiger partial charge in [-0.05, 0) is 58.1 Å². The predicted octanol–water partition coefficient (Wildman–Crippen LogP) is 3.65. The lowest BCUT2D eigenvalue weighted by molar-refractivity contribution is 0.170. The Labute approximate surface area is 137 Å². The van der Waals surface area contributed by atoms with Crippen molar-refractivity contribution in [2.45, 2.75) is 45.8 Å². The second-order valence-corrected chi connectivity index (χ2v) is 7.17. The Kier molecular flexibility index (Phi) is 5.69. The van der Waals surface area contributed by atoms with Crippen molar-refractivity contribution in [2.75, 3.05) is 31.6 Å². The minimum atomic E-state index is 0.368. The van der Waals surface area contributed by atoms with Crippen LogP contribution in [0.3, 0.4) is 0 Å². The zero-order chi connectivity index (χ0) is 15.6. The summed E-state index contributed by atoms with van der Waals surface area (Å²) in [5.74, 6) is 0. The first-order chi connectivity index (χ1) is 9.93. The topological polar surface area (TPSA) is 18.5 Å². The van der Waals surface area contributed by atoms with E-state index in [4.69, 9.17) is 0 Å². The lowest BCUT2D eigenvalue weighted by atomic mass is 10.0. The molecule has 3 nitrogen and oxygen atoms in total. The van der Waals surface area contributed by atoms with Crippen LogP contribution in [-0.4, -0.2) is 43.7 Å². The van der Waals surface area contributed by atoms with Crippen LogP contribution in [0.4, 0.5) is 5.69 Å². The van der Waals surface area contributed by atoms with Gasteiger partial charge in [0.2, 0.25) is 0 Å². The summed E-state index contributed by atoms with van der Waals surface area (Å²) in [6.45, 7) is 12.2. The van der Waals surface area contributed by atoms with E-state index in [1.807, 2.05) is 0 Å². The smallest absolute Gasteiger partial charge is 0.0416 e. The van der Waals surface area contributed by atoms with E-state index in [0.29, 0.717) is 18.1 Å². The van der Waals surface area contributed by atoms with Crippen LogP contribution in [0.1, 0.15) is 39.3 Å². The molecule has 1 saturated heterocycles. The maximum Gasteiger partial charge on any atom is 0.0416 e. The maximum atomic E-state index is 3.62. The molecule has 21 heavy (non-hydrogen) atoms. The fraction of sp³-hybridized carbons (Fsp3) is 0.647. The molecule has 1 aromatic carbocycles. The molecule has 0 aromatic heterocycles. The van der Waals surface area contributed by atoms with Crippen molar-refractivity contribution in [1.82, 2.24) is 10.2 Å². The first kappa shape index (κ1) is 16.8. The van der Waals surface area contributed by atoms with E-state index in [1.165, 1.54) is 11.3 Å². The number of likely N-dealkylation sites (N-methyl/N-ethyl adjacent to an activating group) is 1. The summed E-state index contributed by atoms with van der Waals surface area (Å²) in [7, 11) is 2.23. The number of piperazine rings is 1. The molecule has 0 aliphatic carbocycles. The Hall–Kier alpha value is -0.580. The predicted molar refractivity (Wildman–Crippen MR) is 95.1 cm³/mol. The summed E-state index contributed by atoms with van der Waals surface area (Å²) >= 11 is 3.62. The number of hydrogen-bond donors (Lipinski definition) is 1. The van der Waals surface area contributed by atoms with E-state index in [0.717, 1.165) is 24.1 Å². The molecule has 0 saturated carbocycles. The summed E-state index contributed by atoms with van der Waals surface area (Å²) in [5, 5.41) is 3.54. The number of benzene rings is 1. The van der Waals surface area contributed by atoms with Crippen LogP contribution in [0.25, 0.3) is 0 Å². The van der Waals surface area contributed by atoms with Crippen molar-refractivity contribution in [3.8, 4) is 0 Å². The van der Waals surface area contributed by atoms with E-state index in [-0.39, 0.29) is 0 Å². The van der Waals surface area contributed by atoms with Gasteiger partial charge in [-0.3, -0.25) is 4.90 Å². The normalized spacial score (nSPS) is 25.1. The summed E-state index contributed by atoms with van der Waals surface area (Å²) in [6.07, 6.45) is 0. The molecule has 1 N–H and O–H groups in total. The molecule has 1 aliphatic heterocycles. The van der Waals surface area contributed by atoms with Gasteiger partial charge in [0.25, 0.3) is 0 Å². The Morgan fingerprint density at radius 2 is 1.90 bits per heavy atom. The Morgan fingerprint density at radius 3 is 2.48 bits per heavy atom. The molecular formula is C17H28BrN3. The van der Waals surface area contributed by atoms with Gasteiger partial charge in [-0.1, -0.05) is 22.9 Å². The van der Waals surface area contributed by atoms with Crippen molar-refractivity contribution < 1.29 is 0 Å². The zero-order valence-electron chi connectivity index (χ0n) is 13.9. The van der Waals surface area contributed by atoms with Gasteiger partial charge in [0, 0.05) is 41.4 Å². The van der Waals surface area contributed by atoms with Crippen LogP contribution in [0.15, 0.2) is 22.7 Å². The molecule has 0 radical (unpaired) electrons. The van der Waals surface area contributed by atoms with Gasteiger partial charge in [0.05, 0.1) is 0 Å². The van der Waals surface area contributed by atoms with Gasteiger partial charge < -0.3 is 10.2 Å². The quantitative estimate of drug-likeness (QED) is 0.891. The van der Waals surface area contributed by atoms with Crippen LogP contribution >= 0.6 is 15.9 Å². The van der Waals surface area contributed by atoms with E-state index in [9.17, 15) is 0 Å². The largest absolute Gasteiger partial charge is 0.368 e. The Bertz CT molecular complexity index is 465. The van der Waals surface area contributed by atoms with Gasteiger partial charge in [-0.2, -0.15) is 0 Å². The van der Waals surface area contributed by atoms with Crippen molar-refractivity contribution in [1.29, 1.82) is 0 Å². The van der Waals surface area contributed by atoms with Crippen LogP contribution in [-0.2, 0) is 0 Å². The highest BCUT2D eigenvalue weighted by molar-refractivity contribution is 9.10. The van der Waals surface area contributed by atoms with Gasteiger partial charge in [0.15, 0.2) is 0 Å². The molecule has 0 amide bonds. The van der Waals surface area contributed by atoms with Gasteiger partial charge in [-0.15, -0.1) is 0 Å². The molecule has 118 valence electrons. The van der Waals surface area contributed by atoms with Crippen LogP contribution in [0, 0.1) is 0 Å². The fourth-order valence-corrected chi connectivity index (χ4v) is 3.56. The van der Waals surface area contributed by atoms with Crippen molar-refractivity contribution in [3.05, 3.63) is 28.2 Å². The summed E-state index contributed by atoms with van der Waals surface area (Å²) in [4.78, 5) is 5.02. The fourth-order valence-electron chi connectivity index (χ4n) is 3.18. The van der Waals surface area contributed by atoms with E-state index < -0.39 is 0 Å². The highest BCUT2D eigenvalue weighted by Gasteiger charge is 2.28. The first-order valence-corrected chi connectivity index (χ1v) is 8.73. The molecule has 1 heterocycles. The third-order valence-corrected chi connectivity index (χ3v) is 5.16. The Morgan fingerprint density at radius 1 is 1.29 bits per heavy atom. The molecular weight excluding hydrogens is 326 g/mol. The summed E-state index contributed by atoms with van der Waals surface area (Å²) in [6, 6.07) is 8.21. The minimum Gasteiger partial charge on any atom is -0.368 e. The molecule has 0 bridgehead atoms. The average Bonchev–Trinajstić information content (AvgIpc) is 2.44. The average molecular weight is 354 g/mol. The van der Waals surface area contributed by atoms with E-state index >= 15 is 0 Å². The second-order valence-electron chi connectivity index (χ2n) is 6.25. The maximum absolute atomic E-state index is 3.62. The third kappa shape index (κ3) is 3.79. The third-order valence-electron chi connectivity index (χ3n) is 4.67. The number of nitrogens with zero attached hydrogens (tertiary/aromatic N) is 2. The van der Waals surface area contributed by atoms with Gasteiger partial charge in [-0.25, -0.2) is 0 Å². The number of nitrogens with one attached hydrogen (secondary N) is 1. The number of halogens is 1. The number of rotatable bonds is 4. The standard InChI is InChI=1S/C17H28BrN3/c1-6-19-14(4)16-9-15(18)7-8-17(16)21-10-12(2)20(5)13(3)11-21/h7-9,12-14,19H,6,10-11H2,1-5H3. The molecule has 1 aromatic rings. The molecule has 3 atom stereocenters. The first-order valence-electron chi connectivity index (χ1n) is 7.93. The summed E-state index contributed by atoms with van der Waals surface area (Å²) < 4.78 is 1.15. The second kappa shape index (κ2) is 7.12. The SMILES string of the molecule is CCNC(C)c1cc(Br)ccc1N1CC(C)N(C)C(C)C1. The summed E-state index contributed by atoms with van der Waals surface area (Å²) in [5.41, 5.74) is 2.76. The molecule has 2 rings (SSSR count). The molecule has 1 aliphatic rings. The van der Waals surface area contributed by atoms with Crippen molar-refractivity contribution in [3.63, 3.8) is 0 Å². The monoisotopic (exact) mass is 353 g/mol. The lowest BCUT2D eigenvalue weighted by Gasteiger charge is -2.44.